The molecule has 0 aliphatic carbocycles. The molecule has 0 unspecified atom stereocenters. The first-order valence-corrected chi connectivity index (χ1v) is 9.35. The van der Waals surface area contributed by atoms with Gasteiger partial charge in [-0.15, -0.1) is 0 Å². The van der Waals surface area contributed by atoms with Crippen molar-refractivity contribution in [3.05, 3.63) is 60.2 Å². The van der Waals surface area contributed by atoms with E-state index in [0.717, 1.165) is 26.2 Å². The number of rotatable bonds is 3. The number of piperazine rings is 1. The van der Waals surface area contributed by atoms with Crippen molar-refractivity contribution in [2.24, 2.45) is 0 Å². The lowest BCUT2D eigenvalue weighted by Crippen LogP contribution is -2.45. The Morgan fingerprint density at radius 2 is 1.54 bits per heavy atom. The van der Waals surface area contributed by atoms with E-state index in [4.69, 9.17) is 0 Å². The summed E-state index contributed by atoms with van der Waals surface area (Å²) < 4.78 is 0. The van der Waals surface area contributed by atoms with Crippen molar-refractivity contribution in [1.82, 2.24) is 10.2 Å². The number of nitrogens with zero attached hydrogens (tertiary/aromatic N) is 2. The summed E-state index contributed by atoms with van der Waals surface area (Å²) in [6.45, 7) is 3.98. The van der Waals surface area contributed by atoms with Gasteiger partial charge in [0.2, 0.25) is 0 Å². The maximum atomic E-state index is 9.48. The van der Waals surface area contributed by atoms with Crippen molar-refractivity contribution >= 4 is 32.3 Å². The molecule has 1 fully saturated rings. The van der Waals surface area contributed by atoms with Crippen LogP contribution in [0.2, 0.25) is 0 Å². The quantitative estimate of drug-likeness (QED) is 0.561. The van der Waals surface area contributed by atoms with Crippen LogP contribution < -0.4 is 5.32 Å². The van der Waals surface area contributed by atoms with E-state index in [0.29, 0.717) is 6.42 Å². The molecule has 0 radical (unpaired) electrons. The van der Waals surface area contributed by atoms with Crippen LogP contribution in [-0.2, 0) is 0 Å². The van der Waals surface area contributed by atoms with Crippen LogP contribution in [0, 0.1) is 11.3 Å². The molecule has 128 valence electrons. The normalized spacial score (nSPS) is 17.0. The molecule has 1 atom stereocenters. The van der Waals surface area contributed by atoms with Gasteiger partial charge in [0, 0.05) is 32.2 Å². The summed E-state index contributed by atoms with van der Waals surface area (Å²) in [6.07, 6.45) is 0.532. The molecule has 3 nitrogen and oxygen atoms in total. The molecule has 3 heteroatoms. The fourth-order valence-corrected chi connectivity index (χ4v) is 4.56. The Balaban J connectivity index is 1.78. The Labute approximate surface area is 153 Å². The van der Waals surface area contributed by atoms with Crippen LogP contribution in [-0.4, -0.2) is 31.1 Å². The Morgan fingerprint density at radius 3 is 2.27 bits per heavy atom. The zero-order valence-corrected chi connectivity index (χ0v) is 14.7. The van der Waals surface area contributed by atoms with Crippen molar-refractivity contribution in [3.63, 3.8) is 0 Å². The monoisotopic (exact) mass is 339 g/mol. The molecular formula is C23H21N3. The van der Waals surface area contributed by atoms with Gasteiger partial charge in [0.15, 0.2) is 0 Å². The van der Waals surface area contributed by atoms with E-state index in [2.05, 4.69) is 70.9 Å². The highest BCUT2D eigenvalue weighted by atomic mass is 15.2. The Kier molecular flexibility index (Phi) is 3.74. The van der Waals surface area contributed by atoms with Crippen molar-refractivity contribution < 1.29 is 0 Å². The maximum absolute atomic E-state index is 9.48. The summed E-state index contributed by atoms with van der Waals surface area (Å²) >= 11 is 0. The molecule has 0 spiro atoms. The first-order valence-electron chi connectivity index (χ1n) is 9.35. The van der Waals surface area contributed by atoms with E-state index in [1.54, 1.807) is 0 Å². The Hall–Kier alpha value is -2.67. The third kappa shape index (κ3) is 2.34. The predicted molar refractivity (Wildman–Crippen MR) is 108 cm³/mol. The highest BCUT2D eigenvalue weighted by Crippen LogP contribution is 2.39. The third-order valence-corrected chi connectivity index (χ3v) is 5.80. The molecule has 1 heterocycles. The van der Waals surface area contributed by atoms with Gasteiger partial charge in [-0.1, -0.05) is 54.6 Å². The van der Waals surface area contributed by atoms with Gasteiger partial charge in [0.25, 0.3) is 0 Å². The van der Waals surface area contributed by atoms with Gasteiger partial charge in [-0.2, -0.15) is 5.26 Å². The SMILES string of the molecule is N#CC[C@@H](c1ccc2ccc3cccc4ccc1c2c34)N1CCNCC1. The smallest absolute Gasteiger partial charge is 0.0641 e. The van der Waals surface area contributed by atoms with Crippen LogP contribution in [0.3, 0.4) is 0 Å². The van der Waals surface area contributed by atoms with E-state index in [1.807, 2.05) is 0 Å². The molecule has 0 aromatic heterocycles. The van der Waals surface area contributed by atoms with Gasteiger partial charge in [0.1, 0.15) is 0 Å². The lowest BCUT2D eigenvalue weighted by atomic mass is 9.88. The molecule has 0 amide bonds. The molecule has 26 heavy (non-hydrogen) atoms. The molecule has 0 saturated carbocycles. The van der Waals surface area contributed by atoms with Gasteiger partial charge < -0.3 is 5.32 Å². The zero-order chi connectivity index (χ0) is 17.5. The average molecular weight is 339 g/mol. The highest BCUT2D eigenvalue weighted by Gasteiger charge is 2.24. The molecule has 1 saturated heterocycles. The molecular weight excluding hydrogens is 318 g/mol. The molecule has 1 N–H and O–H groups in total. The maximum Gasteiger partial charge on any atom is 0.0641 e. The minimum atomic E-state index is 0.159. The Bertz CT molecular complexity index is 1100. The second-order valence-corrected chi connectivity index (χ2v) is 7.17. The van der Waals surface area contributed by atoms with Crippen molar-refractivity contribution in [3.8, 4) is 6.07 Å². The van der Waals surface area contributed by atoms with Crippen LogP contribution in [0.5, 0.6) is 0 Å². The highest BCUT2D eigenvalue weighted by molar-refractivity contribution is 6.23. The summed E-state index contributed by atoms with van der Waals surface area (Å²) in [6, 6.07) is 22.5. The first-order chi connectivity index (χ1) is 12.9. The van der Waals surface area contributed by atoms with Crippen LogP contribution in [0.1, 0.15) is 18.0 Å². The third-order valence-electron chi connectivity index (χ3n) is 5.80. The fraction of sp³-hybridized carbons (Fsp3) is 0.261. The minimum absolute atomic E-state index is 0.159. The second-order valence-electron chi connectivity index (χ2n) is 7.17. The van der Waals surface area contributed by atoms with Gasteiger partial charge in [0.05, 0.1) is 12.5 Å². The molecule has 5 rings (SSSR count). The Morgan fingerprint density at radius 1 is 0.885 bits per heavy atom. The number of hydrogen-bond acceptors (Lipinski definition) is 3. The number of benzene rings is 4. The van der Waals surface area contributed by atoms with Crippen LogP contribution >= 0.6 is 0 Å². The van der Waals surface area contributed by atoms with Crippen LogP contribution in [0.4, 0.5) is 0 Å². The van der Waals surface area contributed by atoms with Crippen LogP contribution in [0.15, 0.2) is 54.6 Å². The number of nitriles is 1. The fourth-order valence-electron chi connectivity index (χ4n) is 4.56. The van der Waals surface area contributed by atoms with E-state index < -0.39 is 0 Å². The largest absolute Gasteiger partial charge is 0.314 e. The molecule has 1 aliphatic rings. The predicted octanol–water partition coefficient (Wildman–Crippen LogP) is 4.44. The minimum Gasteiger partial charge on any atom is -0.314 e. The van der Waals surface area contributed by atoms with E-state index >= 15 is 0 Å². The summed E-state index contributed by atoms with van der Waals surface area (Å²) in [5.41, 5.74) is 1.29. The first kappa shape index (κ1) is 15.6. The summed E-state index contributed by atoms with van der Waals surface area (Å²) in [5.74, 6) is 0. The van der Waals surface area contributed by atoms with Crippen molar-refractivity contribution in [2.75, 3.05) is 26.2 Å². The van der Waals surface area contributed by atoms with Gasteiger partial charge >= 0.3 is 0 Å². The average Bonchev–Trinajstić information content (AvgIpc) is 2.71. The number of hydrogen-bond donors (Lipinski definition) is 1. The summed E-state index contributed by atoms with van der Waals surface area (Å²) in [5, 5.41) is 20.7. The summed E-state index contributed by atoms with van der Waals surface area (Å²) in [7, 11) is 0. The van der Waals surface area contributed by atoms with Gasteiger partial charge in [-0.05, 0) is 37.9 Å². The topological polar surface area (TPSA) is 39.1 Å². The van der Waals surface area contributed by atoms with E-state index in [-0.39, 0.29) is 6.04 Å². The second kappa shape index (κ2) is 6.25. The van der Waals surface area contributed by atoms with Crippen LogP contribution in [0.25, 0.3) is 32.3 Å². The molecule has 4 aromatic rings. The van der Waals surface area contributed by atoms with E-state index in [9.17, 15) is 5.26 Å². The molecule has 1 aliphatic heterocycles. The molecule has 4 aromatic carbocycles. The van der Waals surface area contributed by atoms with E-state index in [1.165, 1.54) is 37.9 Å². The van der Waals surface area contributed by atoms with Crippen molar-refractivity contribution in [2.45, 2.75) is 12.5 Å². The standard InChI is InChI=1S/C23H21N3/c24-11-10-21(26-14-12-25-13-15-26)19-8-6-18-5-4-16-2-1-3-17-7-9-20(19)23(18)22(16)17/h1-9,21,25H,10,12-15H2/t21-/m0/s1. The number of nitrogens with one attached hydrogen (secondary N) is 1. The lowest BCUT2D eigenvalue weighted by Gasteiger charge is -2.34. The van der Waals surface area contributed by atoms with Gasteiger partial charge in [-0.25, -0.2) is 0 Å². The lowest BCUT2D eigenvalue weighted by molar-refractivity contribution is 0.176. The van der Waals surface area contributed by atoms with Gasteiger partial charge in [-0.3, -0.25) is 4.90 Å². The zero-order valence-electron chi connectivity index (χ0n) is 14.7. The molecule has 0 bridgehead atoms. The van der Waals surface area contributed by atoms with Crippen molar-refractivity contribution in [1.29, 1.82) is 5.26 Å². The summed E-state index contributed by atoms with van der Waals surface area (Å²) in [4.78, 5) is 2.46.